The molecule has 0 spiro atoms. The molecule has 27 heavy (non-hydrogen) atoms. The third kappa shape index (κ3) is 3.36. The smallest absolute Gasteiger partial charge is 0.227 e. The van der Waals surface area contributed by atoms with Crippen LogP contribution in [0.2, 0.25) is 10.0 Å². The SMILES string of the molecule is CC(C)(C)c1cc(-c2c(Cl)cccc2Cl)cc2nc(-c3ccccc3)oc12. The standard InChI is InChI=1S/C23H19Cl2NO/c1-23(2,3)16-12-15(20-17(24)10-7-11-18(20)25)13-19-21(16)27-22(26-19)14-8-5-4-6-9-14/h4-13H,1-3H3. The second-order valence-corrected chi connectivity index (χ2v) is 8.42. The lowest BCUT2D eigenvalue weighted by molar-refractivity contribution is 0.561. The number of nitrogens with zero attached hydrogens (tertiary/aromatic N) is 1. The van der Waals surface area contributed by atoms with Crippen molar-refractivity contribution in [2.45, 2.75) is 26.2 Å². The Hall–Kier alpha value is -2.29. The molecule has 0 saturated heterocycles. The van der Waals surface area contributed by atoms with Crippen molar-refractivity contribution in [2.75, 3.05) is 0 Å². The lowest BCUT2D eigenvalue weighted by Crippen LogP contribution is -2.11. The summed E-state index contributed by atoms with van der Waals surface area (Å²) in [5, 5.41) is 1.24. The predicted octanol–water partition coefficient (Wildman–Crippen LogP) is 7.77. The highest BCUT2D eigenvalue weighted by Crippen LogP contribution is 2.40. The Morgan fingerprint density at radius 2 is 1.48 bits per heavy atom. The summed E-state index contributed by atoms with van der Waals surface area (Å²) < 4.78 is 6.19. The van der Waals surface area contributed by atoms with Crippen LogP contribution in [0.1, 0.15) is 26.3 Å². The molecule has 1 heterocycles. The molecule has 0 aliphatic rings. The summed E-state index contributed by atoms with van der Waals surface area (Å²) in [5.74, 6) is 0.610. The zero-order chi connectivity index (χ0) is 19.2. The van der Waals surface area contributed by atoms with E-state index in [-0.39, 0.29) is 5.41 Å². The van der Waals surface area contributed by atoms with Gasteiger partial charge in [0.05, 0.1) is 0 Å². The van der Waals surface area contributed by atoms with Gasteiger partial charge in [0.15, 0.2) is 5.58 Å². The Balaban J connectivity index is 2.01. The van der Waals surface area contributed by atoms with E-state index in [1.807, 2.05) is 54.6 Å². The molecular formula is C23H19Cl2NO. The van der Waals surface area contributed by atoms with E-state index in [4.69, 9.17) is 32.6 Å². The van der Waals surface area contributed by atoms with Crippen LogP contribution in [0.15, 0.2) is 65.1 Å². The number of oxazole rings is 1. The Morgan fingerprint density at radius 3 is 2.11 bits per heavy atom. The van der Waals surface area contributed by atoms with E-state index >= 15 is 0 Å². The van der Waals surface area contributed by atoms with Crippen molar-refractivity contribution >= 4 is 34.3 Å². The van der Waals surface area contributed by atoms with Gasteiger partial charge in [-0.15, -0.1) is 0 Å². The molecule has 4 rings (SSSR count). The molecule has 2 nitrogen and oxygen atoms in total. The maximum Gasteiger partial charge on any atom is 0.227 e. The number of fused-ring (bicyclic) bond motifs is 1. The summed E-state index contributed by atoms with van der Waals surface area (Å²) in [6.45, 7) is 6.47. The van der Waals surface area contributed by atoms with Crippen molar-refractivity contribution in [3.63, 3.8) is 0 Å². The van der Waals surface area contributed by atoms with E-state index < -0.39 is 0 Å². The monoisotopic (exact) mass is 395 g/mol. The molecule has 0 amide bonds. The van der Waals surface area contributed by atoms with Crippen LogP contribution in [0.25, 0.3) is 33.7 Å². The number of halogens is 2. The second-order valence-electron chi connectivity index (χ2n) is 7.60. The molecule has 0 N–H and O–H groups in total. The minimum Gasteiger partial charge on any atom is -0.436 e. The molecule has 0 atom stereocenters. The van der Waals surface area contributed by atoms with Crippen LogP contribution >= 0.6 is 23.2 Å². The molecule has 4 heteroatoms. The Bertz CT molecular complexity index is 1100. The van der Waals surface area contributed by atoms with Gasteiger partial charge < -0.3 is 4.42 Å². The van der Waals surface area contributed by atoms with E-state index in [1.165, 1.54) is 0 Å². The molecule has 0 bridgehead atoms. The number of benzene rings is 3. The number of hydrogen-bond donors (Lipinski definition) is 0. The number of aromatic nitrogens is 1. The largest absolute Gasteiger partial charge is 0.436 e. The lowest BCUT2D eigenvalue weighted by atomic mass is 9.84. The Labute approximate surface area is 168 Å². The number of hydrogen-bond acceptors (Lipinski definition) is 2. The molecule has 1 aromatic heterocycles. The minimum atomic E-state index is -0.129. The van der Waals surface area contributed by atoms with Crippen LogP contribution in [0.3, 0.4) is 0 Å². The van der Waals surface area contributed by atoms with Crippen LogP contribution < -0.4 is 0 Å². The van der Waals surface area contributed by atoms with Crippen molar-refractivity contribution in [1.29, 1.82) is 0 Å². The zero-order valence-electron chi connectivity index (χ0n) is 15.4. The average Bonchev–Trinajstić information content (AvgIpc) is 3.05. The van der Waals surface area contributed by atoms with Gasteiger partial charge in [0.1, 0.15) is 5.52 Å². The van der Waals surface area contributed by atoms with Crippen LogP contribution in [-0.2, 0) is 5.41 Å². The van der Waals surface area contributed by atoms with Gasteiger partial charge in [-0.3, -0.25) is 0 Å². The van der Waals surface area contributed by atoms with Crippen molar-refractivity contribution < 1.29 is 4.42 Å². The van der Waals surface area contributed by atoms with Crippen LogP contribution in [0.5, 0.6) is 0 Å². The summed E-state index contributed by atoms with van der Waals surface area (Å²) in [5.41, 5.74) is 5.25. The second kappa shape index (κ2) is 6.70. The fourth-order valence-electron chi connectivity index (χ4n) is 3.21. The average molecular weight is 396 g/mol. The van der Waals surface area contributed by atoms with E-state index in [1.54, 1.807) is 0 Å². The van der Waals surface area contributed by atoms with Crippen molar-refractivity contribution in [2.24, 2.45) is 0 Å². The molecular weight excluding hydrogens is 377 g/mol. The molecule has 0 fully saturated rings. The van der Waals surface area contributed by atoms with Gasteiger partial charge in [-0.2, -0.15) is 0 Å². The van der Waals surface area contributed by atoms with Gasteiger partial charge in [-0.25, -0.2) is 4.98 Å². The van der Waals surface area contributed by atoms with Gasteiger partial charge in [-0.05, 0) is 47.4 Å². The topological polar surface area (TPSA) is 26.0 Å². The van der Waals surface area contributed by atoms with Crippen molar-refractivity contribution in [3.8, 4) is 22.6 Å². The van der Waals surface area contributed by atoms with Crippen LogP contribution in [0, 0.1) is 0 Å². The Morgan fingerprint density at radius 1 is 0.815 bits per heavy atom. The quantitative estimate of drug-likeness (QED) is 0.346. The summed E-state index contributed by atoms with van der Waals surface area (Å²) in [6, 6.07) is 19.6. The molecule has 0 unspecified atom stereocenters. The molecule has 4 aromatic rings. The fraction of sp³-hybridized carbons (Fsp3) is 0.174. The van der Waals surface area contributed by atoms with Gasteiger partial charge >= 0.3 is 0 Å². The third-order valence-corrected chi connectivity index (χ3v) is 5.20. The maximum atomic E-state index is 6.45. The van der Waals surface area contributed by atoms with Crippen molar-refractivity contribution in [1.82, 2.24) is 4.98 Å². The van der Waals surface area contributed by atoms with Crippen LogP contribution in [-0.4, -0.2) is 4.98 Å². The molecule has 0 aliphatic carbocycles. The fourth-order valence-corrected chi connectivity index (χ4v) is 3.83. The summed E-state index contributed by atoms with van der Waals surface area (Å²) in [6.07, 6.45) is 0. The molecule has 0 radical (unpaired) electrons. The first-order valence-corrected chi connectivity index (χ1v) is 9.55. The minimum absolute atomic E-state index is 0.129. The molecule has 0 aliphatic heterocycles. The van der Waals surface area contributed by atoms with Gasteiger partial charge in [0.25, 0.3) is 0 Å². The highest BCUT2D eigenvalue weighted by atomic mass is 35.5. The number of rotatable bonds is 2. The first-order valence-electron chi connectivity index (χ1n) is 8.79. The first-order chi connectivity index (χ1) is 12.8. The summed E-state index contributed by atoms with van der Waals surface area (Å²) in [4.78, 5) is 4.75. The predicted molar refractivity (Wildman–Crippen MR) is 114 cm³/mol. The van der Waals surface area contributed by atoms with Crippen molar-refractivity contribution in [3.05, 3.63) is 76.3 Å². The van der Waals surface area contributed by atoms with Crippen LogP contribution in [0.4, 0.5) is 0 Å². The first kappa shape index (κ1) is 18.1. The zero-order valence-corrected chi connectivity index (χ0v) is 16.9. The third-order valence-electron chi connectivity index (χ3n) is 4.57. The van der Waals surface area contributed by atoms with E-state index in [0.717, 1.165) is 33.4 Å². The van der Waals surface area contributed by atoms with Gasteiger partial charge in [-0.1, -0.05) is 68.2 Å². The normalized spacial score (nSPS) is 11.9. The van der Waals surface area contributed by atoms with Gasteiger partial charge in [0.2, 0.25) is 5.89 Å². The van der Waals surface area contributed by atoms with E-state index in [0.29, 0.717) is 15.9 Å². The molecule has 0 saturated carbocycles. The summed E-state index contributed by atoms with van der Waals surface area (Å²) >= 11 is 12.9. The molecule has 136 valence electrons. The highest BCUT2D eigenvalue weighted by molar-refractivity contribution is 6.39. The van der Waals surface area contributed by atoms with E-state index in [9.17, 15) is 0 Å². The maximum absolute atomic E-state index is 6.45. The molecule has 3 aromatic carbocycles. The highest BCUT2D eigenvalue weighted by Gasteiger charge is 2.23. The lowest BCUT2D eigenvalue weighted by Gasteiger charge is -2.20. The van der Waals surface area contributed by atoms with E-state index in [2.05, 4.69) is 26.8 Å². The summed E-state index contributed by atoms with van der Waals surface area (Å²) in [7, 11) is 0. The Kier molecular flexibility index (Phi) is 4.49. The van der Waals surface area contributed by atoms with Gasteiger partial charge in [0, 0.05) is 26.7 Å².